The number of nitrogens with zero attached hydrogens (tertiary/aromatic N) is 3. The summed E-state index contributed by atoms with van der Waals surface area (Å²) in [4.78, 5) is 8.68. The van der Waals surface area contributed by atoms with E-state index in [9.17, 15) is 0 Å². The SMILES string of the molecule is CCC1CCSC(=NCCc2noc(C)n2)N1. The highest BCUT2D eigenvalue weighted by atomic mass is 32.2. The van der Waals surface area contributed by atoms with Crippen LogP contribution in [0.3, 0.4) is 0 Å². The Hall–Kier alpha value is -1.04. The summed E-state index contributed by atoms with van der Waals surface area (Å²) < 4.78 is 4.91. The molecule has 0 saturated carbocycles. The predicted molar refractivity (Wildman–Crippen MR) is 69.3 cm³/mol. The maximum absolute atomic E-state index is 4.91. The van der Waals surface area contributed by atoms with Crippen LogP contribution in [-0.4, -0.2) is 33.6 Å². The van der Waals surface area contributed by atoms with Crippen LogP contribution in [0.1, 0.15) is 31.5 Å². The fraction of sp³-hybridized carbons (Fsp3) is 0.727. The summed E-state index contributed by atoms with van der Waals surface area (Å²) >= 11 is 1.80. The van der Waals surface area contributed by atoms with E-state index in [4.69, 9.17) is 4.52 Å². The van der Waals surface area contributed by atoms with E-state index < -0.39 is 0 Å². The van der Waals surface area contributed by atoms with Crippen molar-refractivity contribution in [1.29, 1.82) is 0 Å². The molecule has 94 valence electrons. The van der Waals surface area contributed by atoms with Crippen molar-refractivity contribution < 1.29 is 4.52 Å². The van der Waals surface area contributed by atoms with Gasteiger partial charge in [-0.15, -0.1) is 0 Å². The minimum atomic E-state index is 0.586. The number of nitrogens with one attached hydrogen (secondary N) is 1. The quantitative estimate of drug-likeness (QED) is 0.887. The first-order valence-electron chi connectivity index (χ1n) is 6.01. The number of aliphatic imine (C=N–C) groups is 1. The third-order valence-electron chi connectivity index (χ3n) is 2.69. The van der Waals surface area contributed by atoms with Crippen LogP contribution in [0.25, 0.3) is 0 Å². The molecule has 0 radical (unpaired) electrons. The Bertz CT molecular complexity index is 391. The molecule has 1 N–H and O–H groups in total. The summed E-state index contributed by atoms with van der Waals surface area (Å²) in [7, 11) is 0. The van der Waals surface area contributed by atoms with Gasteiger partial charge in [-0.1, -0.05) is 23.8 Å². The van der Waals surface area contributed by atoms with Gasteiger partial charge in [0.2, 0.25) is 5.89 Å². The van der Waals surface area contributed by atoms with Crippen LogP contribution < -0.4 is 5.32 Å². The van der Waals surface area contributed by atoms with Crippen molar-refractivity contribution in [3.05, 3.63) is 11.7 Å². The van der Waals surface area contributed by atoms with E-state index in [2.05, 4.69) is 27.4 Å². The molecule has 2 rings (SSSR count). The van der Waals surface area contributed by atoms with Crippen LogP contribution in [0, 0.1) is 6.92 Å². The molecule has 1 fully saturated rings. The Balaban J connectivity index is 1.80. The molecule has 0 amide bonds. The van der Waals surface area contributed by atoms with E-state index in [0.29, 0.717) is 18.5 Å². The number of hydrogen-bond donors (Lipinski definition) is 1. The summed E-state index contributed by atoms with van der Waals surface area (Å²) in [5.41, 5.74) is 0. The van der Waals surface area contributed by atoms with Crippen LogP contribution in [0.2, 0.25) is 0 Å². The largest absolute Gasteiger partial charge is 0.362 e. The van der Waals surface area contributed by atoms with Crippen LogP contribution in [0.5, 0.6) is 0 Å². The third kappa shape index (κ3) is 3.73. The Morgan fingerprint density at radius 1 is 1.59 bits per heavy atom. The molecule has 1 aromatic rings. The zero-order valence-corrected chi connectivity index (χ0v) is 11.1. The van der Waals surface area contributed by atoms with Gasteiger partial charge in [-0.05, 0) is 12.8 Å². The fourth-order valence-electron chi connectivity index (χ4n) is 1.68. The normalized spacial score (nSPS) is 22.7. The number of rotatable bonds is 4. The minimum Gasteiger partial charge on any atom is -0.362 e. The molecular weight excluding hydrogens is 236 g/mol. The standard InChI is InChI=1S/C11H18N4OS/c1-3-9-5-7-17-11(14-9)12-6-4-10-13-8(2)16-15-10/h9H,3-7H2,1-2H3,(H,12,14). The maximum Gasteiger partial charge on any atom is 0.223 e. The number of aryl methyl sites for hydroxylation is 1. The summed E-state index contributed by atoms with van der Waals surface area (Å²) in [6, 6.07) is 0.586. The molecule has 1 aliphatic rings. The van der Waals surface area contributed by atoms with Crippen molar-refractivity contribution in [2.75, 3.05) is 12.3 Å². The lowest BCUT2D eigenvalue weighted by atomic mass is 10.2. The van der Waals surface area contributed by atoms with Crippen LogP contribution in [0.15, 0.2) is 9.52 Å². The second-order valence-electron chi connectivity index (χ2n) is 4.05. The highest BCUT2D eigenvalue weighted by Crippen LogP contribution is 2.15. The zero-order valence-electron chi connectivity index (χ0n) is 10.3. The molecule has 5 nitrogen and oxygen atoms in total. The molecule has 6 heteroatoms. The average Bonchev–Trinajstić information content (AvgIpc) is 2.75. The van der Waals surface area contributed by atoms with Gasteiger partial charge in [-0.3, -0.25) is 4.99 Å². The highest BCUT2D eigenvalue weighted by molar-refractivity contribution is 8.13. The van der Waals surface area contributed by atoms with Gasteiger partial charge in [0, 0.05) is 31.7 Å². The van der Waals surface area contributed by atoms with Gasteiger partial charge in [0.15, 0.2) is 11.0 Å². The molecule has 0 aliphatic carbocycles. The van der Waals surface area contributed by atoms with E-state index in [1.165, 1.54) is 6.42 Å². The van der Waals surface area contributed by atoms with Gasteiger partial charge in [-0.2, -0.15) is 4.98 Å². The van der Waals surface area contributed by atoms with Gasteiger partial charge >= 0.3 is 0 Å². The fourth-order valence-corrected chi connectivity index (χ4v) is 2.71. The number of aromatic nitrogens is 2. The smallest absolute Gasteiger partial charge is 0.223 e. The minimum absolute atomic E-state index is 0.586. The topological polar surface area (TPSA) is 63.3 Å². The van der Waals surface area contributed by atoms with Crippen molar-refractivity contribution >= 4 is 16.9 Å². The van der Waals surface area contributed by atoms with Crippen molar-refractivity contribution in [1.82, 2.24) is 15.5 Å². The van der Waals surface area contributed by atoms with Crippen molar-refractivity contribution in [2.45, 2.75) is 39.2 Å². The zero-order chi connectivity index (χ0) is 12.1. The second-order valence-corrected chi connectivity index (χ2v) is 5.14. The first kappa shape index (κ1) is 12.4. The molecule has 1 unspecified atom stereocenters. The van der Waals surface area contributed by atoms with Gasteiger partial charge in [0.05, 0.1) is 0 Å². The van der Waals surface area contributed by atoms with Crippen molar-refractivity contribution in [3.8, 4) is 0 Å². The van der Waals surface area contributed by atoms with Crippen LogP contribution in [-0.2, 0) is 6.42 Å². The summed E-state index contributed by atoms with van der Waals surface area (Å²) in [6.45, 7) is 4.71. The lowest BCUT2D eigenvalue weighted by molar-refractivity contribution is 0.387. The average molecular weight is 254 g/mol. The molecule has 0 bridgehead atoms. The molecule has 1 saturated heterocycles. The summed E-state index contributed by atoms with van der Waals surface area (Å²) in [6.07, 6.45) is 3.12. The number of hydrogen-bond acceptors (Lipinski definition) is 5. The van der Waals surface area contributed by atoms with Gasteiger partial charge < -0.3 is 9.84 Å². The first-order chi connectivity index (χ1) is 8.28. The predicted octanol–water partition coefficient (Wildman–Crippen LogP) is 1.78. The molecule has 0 aromatic carbocycles. The van der Waals surface area contributed by atoms with E-state index in [-0.39, 0.29) is 0 Å². The molecule has 1 atom stereocenters. The van der Waals surface area contributed by atoms with E-state index in [1.54, 1.807) is 18.7 Å². The van der Waals surface area contributed by atoms with E-state index in [0.717, 1.165) is 29.6 Å². The Kier molecular flexibility index (Phi) is 4.42. The van der Waals surface area contributed by atoms with E-state index >= 15 is 0 Å². The lowest BCUT2D eigenvalue weighted by Crippen LogP contribution is -2.37. The van der Waals surface area contributed by atoms with E-state index in [1.807, 2.05) is 0 Å². The van der Waals surface area contributed by atoms with Crippen LogP contribution in [0.4, 0.5) is 0 Å². The van der Waals surface area contributed by atoms with Gasteiger partial charge in [0.25, 0.3) is 0 Å². The molecular formula is C11H18N4OS. The molecule has 0 spiro atoms. The van der Waals surface area contributed by atoms with Gasteiger partial charge in [0.1, 0.15) is 0 Å². The van der Waals surface area contributed by atoms with Gasteiger partial charge in [-0.25, -0.2) is 0 Å². The molecule has 1 aromatic heterocycles. The Morgan fingerprint density at radius 3 is 3.18 bits per heavy atom. The summed E-state index contributed by atoms with van der Waals surface area (Å²) in [5, 5.41) is 8.35. The Morgan fingerprint density at radius 2 is 2.47 bits per heavy atom. The highest BCUT2D eigenvalue weighted by Gasteiger charge is 2.15. The lowest BCUT2D eigenvalue weighted by Gasteiger charge is -2.24. The summed E-state index contributed by atoms with van der Waals surface area (Å²) in [5.74, 6) is 2.51. The Labute approximate surface area is 105 Å². The van der Waals surface area contributed by atoms with Crippen LogP contribution >= 0.6 is 11.8 Å². The molecule has 2 heterocycles. The third-order valence-corrected chi connectivity index (χ3v) is 3.65. The van der Waals surface area contributed by atoms with Crippen molar-refractivity contribution in [3.63, 3.8) is 0 Å². The monoisotopic (exact) mass is 254 g/mol. The second kappa shape index (κ2) is 6.05. The van der Waals surface area contributed by atoms with Crippen molar-refractivity contribution in [2.24, 2.45) is 4.99 Å². The number of amidine groups is 1. The number of thioether (sulfide) groups is 1. The maximum atomic E-state index is 4.91. The first-order valence-corrected chi connectivity index (χ1v) is 6.99. The molecule has 1 aliphatic heterocycles. The molecule has 17 heavy (non-hydrogen) atoms.